The lowest BCUT2D eigenvalue weighted by Gasteiger charge is -2.38. The lowest BCUT2D eigenvalue weighted by Crippen LogP contribution is -2.41. The zero-order chi connectivity index (χ0) is 49.1. The summed E-state index contributed by atoms with van der Waals surface area (Å²) < 4.78 is 0. The van der Waals surface area contributed by atoms with Crippen LogP contribution >= 0.6 is 0 Å². The summed E-state index contributed by atoms with van der Waals surface area (Å²) in [6.45, 7) is 4.93. The molecule has 0 aliphatic heterocycles. The average molecular weight is 953 g/mol. The van der Waals surface area contributed by atoms with E-state index in [0.29, 0.717) is 35.5 Å². The zero-order valence-corrected chi connectivity index (χ0v) is 43.0. The summed E-state index contributed by atoms with van der Waals surface area (Å²) >= 11 is 0. The second-order valence-corrected chi connectivity index (χ2v) is 23.2. The van der Waals surface area contributed by atoms with Gasteiger partial charge in [-0.2, -0.15) is 0 Å². The molecule has 0 nitrogen and oxygen atoms in total. The van der Waals surface area contributed by atoms with Crippen molar-refractivity contribution < 1.29 is 0 Å². The highest BCUT2D eigenvalue weighted by molar-refractivity contribution is 5.86. The van der Waals surface area contributed by atoms with Crippen LogP contribution in [0.1, 0.15) is 71.6 Å². The molecule has 0 N–H and O–H groups in total. The van der Waals surface area contributed by atoms with Gasteiger partial charge < -0.3 is 0 Å². The van der Waals surface area contributed by atoms with Crippen molar-refractivity contribution in [3.63, 3.8) is 0 Å². The molecule has 0 saturated carbocycles. The van der Waals surface area contributed by atoms with E-state index in [0.717, 1.165) is 57.8 Å². The highest BCUT2D eigenvalue weighted by atomic mass is 14.5. The molecule has 0 radical (unpaired) electrons. The maximum absolute atomic E-state index is 2.64. The molecule has 6 unspecified atom stereocenters. The van der Waals surface area contributed by atoms with E-state index >= 15 is 0 Å². The molecule has 0 heterocycles. The molecular weight excluding hydrogens is 889 g/mol. The fourth-order valence-electron chi connectivity index (χ4n) is 16.1. The molecular formula is C74H64. The van der Waals surface area contributed by atoms with E-state index in [9.17, 15) is 0 Å². The molecule has 0 bridgehead atoms. The van der Waals surface area contributed by atoms with Gasteiger partial charge in [-0.05, 0) is 178 Å². The van der Waals surface area contributed by atoms with Crippen LogP contribution in [0.15, 0.2) is 262 Å². The van der Waals surface area contributed by atoms with Crippen molar-refractivity contribution in [1.82, 2.24) is 0 Å². The summed E-state index contributed by atoms with van der Waals surface area (Å²) in [6.07, 6.45) is 63.1. The first-order valence-electron chi connectivity index (χ1n) is 28.1. The Hall–Kier alpha value is -7.28. The molecule has 0 saturated heterocycles. The molecule has 0 fully saturated rings. The normalized spacial score (nSPS) is 28.4. The lowest BCUT2D eigenvalue weighted by atomic mass is 9.65. The van der Waals surface area contributed by atoms with Crippen molar-refractivity contribution in [3.05, 3.63) is 294 Å². The Labute approximate surface area is 437 Å². The molecule has 12 aliphatic rings. The third-order valence-corrected chi connectivity index (χ3v) is 19.3. The third kappa shape index (κ3) is 6.72. The first kappa shape index (κ1) is 44.2. The zero-order valence-electron chi connectivity index (χ0n) is 43.0. The number of benzene rings is 3. The van der Waals surface area contributed by atoms with Crippen molar-refractivity contribution in [2.75, 3.05) is 0 Å². The quantitative estimate of drug-likeness (QED) is 0.231. The van der Waals surface area contributed by atoms with Crippen LogP contribution in [0, 0.1) is 40.9 Å². The maximum Gasteiger partial charge on any atom is 0.0134 e. The molecule has 15 rings (SSSR count). The summed E-state index contributed by atoms with van der Waals surface area (Å²) in [4.78, 5) is 0. The molecule has 12 aliphatic carbocycles. The number of hydrogen-bond acceptors (Lipinski definition) is 0. The standard InChI is InChI=1S/C74H64/c1-74(2)66-34-18-33-52(66)53-44-43-51(45-67(53)74)73-64-31-16-14-29-62(64)72(63-30-15-17-32-65(63)73)50-41-39-49(40-42-50)71-60-27-12-10-25-58(60)70(59-26-11-13-28-61(59)71)48-37-35-47(36-38-48)69-56-23-8-6-21-54(56)68(46-19-4-3-5-20-46)55-22-7-9-24-57(55)69/h3-4,6-19,21-33,35,37,39,41,45,54,56,58,60,62,64H,5,20,34,36,38,40,42-44H2,1-2H3. The minimum atomic E-state index is 0.0886. The monoisotopic (exact) mass is 953 g/mol. The van der Waals surface area contributed by atoms with Crippen LogP contribution in [0.5, 0.6) is 0 Å². The molecule has 0 aromatic heterocycles. The summed E-state index contributed by atoms with van der Waals surface area (Å²) in [6, 6.07) is 28.1. The predicted octanol–water partition coefficient (Wildman–Crippen LogP) is 13.0. The van der Waals surface area contributed by atoms with Gasteiger partial charge in [0.1, 0.15) is 0 Å². The van der Waals surface area contributed by atoms with Crippen molar-refractivity contribution in [3.8, 4) is 0 Å². The maximum atomic E-state index is 2.64. The first-order valence-corrected chi connectivity index (χ1v) is 28.1. The Balaban J connectivity index is 0.841. The van der Waals surface area contributed by atoms with Gasteiger partial charge in [0.05, 0.1) is 0 Å². The first-order chi connectivity index (χ1) is 36.5. The molecule has 360 valence electrons. The Bertz CT molecular complexity index is 4010. The number of rotatable bonds is 6. The summed E-state index contributed by atoms with van der Waals surface area (Å²) in [5.74, 6) is 1.93. The van der Waals surface area contributed by atoms with E-state index in [4.69, 9.17) is 0 Å². The van der Waals surface area contributed by atoms with Crippen molar-refractivity contribution in [1.29, 1.82) is 0 Å². The van der Waals surface area contributed by atoms with Crippen LogP contribution in [-0.4, -0.2) is 0 Å². The summed E-state index contributed by atoms with van der Waals surface area (Å²) in [5.41, 5.74) is 24.7. The topological polar surface area (TPSA) is 0 Å². The Morgan fingerprint density at radius 2 is 0.716 bits per heavy atom. The van der Waals surface area contributed by atoms with Gasteiger partial charge in [0.2, 0.25) is 0 Å². The van der Waals surface area contributed by atoms with E-state index in [1.807, 2.05) is 0 Å². The second-order valence-electron chi connectivity index (χ2n) is 23.2. The van der Waals surface area contributed by atoms with Crippen molar-refractivity contribution in [2.24, 2.45) is 40.9 Å². The van der Waals surface area contributed by atoms with E-state index in [2.05, 4.69) is 220 Å². The second kappa shape index (κ2) is 17.4. The van der Waals surface area contributed by atoms with Gasteiger partial charge >= 0.3 is 0 Å². The molecule has 0 heteroatoms. The minimum absolute atomic E-state index is 0.0886. The summed E-state index contributed by atoms with van der Waals surface area (Å²) in [5, 5.41) is 8.58. The lowest BCUT2D eigenvalue weighted by molar-refractivity contribution is 0.547. The number of hydrogen-bond donors (Lipinski definition) is 0. The van der Waals surface area contributed by atoms with Crippen molar-refractivity contribution >= 4 is 33.4 Å². The fourth-order valence-corrected chi connectivity index (χ4v) is 16.1. The van der Waals surface area contributed by atoms with Gasteiger partial charge in [0, 0.05) is 40.9 Å². The van der Waals surface area contributed by atoms with E-state index in [1.165, 1.54) is 87.0 Å². The van der Waals surface area contributed by atoms with Crippen molar-refractivity contribution in [2.45, 2.75) is 71.6 Å². The molecule has 3 aromatic rings. The molecule has 3 aromatic carbocycles. The van der Waals surface area contributed by atoms with Gasteiger partial charge in [-0.1, -0.05) is 220 Å². The predicted molar refractivity (Wildman–Crippen MR) is 309 cm³/mol. The van der Waals surface area contributed by atoms with Crippen LogP contribution in [0.4, 0.5) is 0 Å². The largest absolute Gasteiger partial charge is 0.0842 e. The van der Waals surface area contributed by atoms with Crippen LogP contribution in [0.3, 0.4) is 0 Å². The van der Waals surface area contributed by atoms with Crippen LogP contribution in [-0.2, 0) is 0 Å². The fraction of sp³-hybridized carbons (Fsp3) is 0.243. The van der Waals surface area contributed by atoms with Gasteiger partial charge in [-0.15, -0.1) is 0 Å². The average Bonchev–Trinajstić information content (AvgIpc) is 4.05. The van der Waals surface area contributed by atoms with E-state index < -0.39 is 0 Å². The molecule has 0 amide bonds. The smallest absolute Gasteiger partial charge is 0.0134 e. The number of fused-ring (bicyclic) bond motifs is 7. The third-order valence-electron chi connectivity index (χ3n) is 19.3. The van der Waals surface area contributed by atoms with Gasteiger partial charge in [-0.3, -0.25) is 0 Å². The Morgan fingerprint density at radius 3 is 1.07 bits per heavy atom. The van der Waals surface area contributed by atoms with Gasteiger partial charge in [0.25, 0.3) is 0 Å². The Morgan fingerprint density at radius 1 is 0.365 bits per heavy atom. The van der Waals surface area contributed by atoms with Crippen LogP contribution < -0.4 is 31.3 Å². The number of allylic oxidation sites excluding steroid dienone is 32. The highest BCUT2D eigenvalue weighted by Gasteiger charge is 2.43. The highest BCUT2D eigenvalue weighted by Crippen LogP contribution is 2.56. The minimum Gasteiger partial charge on any atom is -0.0842 e. The molecule has 74 heavy (non-hydrogen) atoms. The molecule has 6 atom stereocenters. The van der Waals surface area contributed by atoms with Gasteiger partial charge in [0.15, 0.2) is 0 Å². The summed E-state index contributed by atoms with van der Waals surface area (Å²) in [7, 11) is 0. The molecule has 0 spiro atoms. The van der Waals surface area contributed by atoms with E-state index in [-0.39, 0.29) is 5.41 Å². The van der Waals surface area contributed by atoms with Gasteiger partial charge in [-0.25, -0.2) is 0 Å². The Kier molecular flexibility index (Phi) is 10.4. The van der Waals surface area contributed by atoms with Crippen LogP contribution in [0.25, 0.3) is 33.4 Å². The van der Waals surface area contributed by atoms with E-state index in [1.54, 1.807) is 33.4 Å². The SMILES string of the molecule is CC1(C)C2=C(CCC(C3=c4ccccc4=C(C4=CC=C(C5=c6ccccc6=C(C6=CC=C(C7=c8ccccc8=C(C8=CC=CCC8)C8C=CC=CC78)CC6)C6C=CC=CC56)CC4)C4C=CC=CC34)=C2)C2=C1CC=C2. The van der Waals surface area contributed by atoms with Crippen LogP contribution in [0.2, 0.25) is 0 Å².